The Bertz CT molecular complexity index is 436. The van der Waals surface area contributed by atoms with E-state index >= 15 is 0 Å². The third-order valence-corrected chi connectivity index (χ3v) is 7.45. The van der Waals surface area contributed by atoms with Gasteiger partial charge in [-0.25, -0.2) is 0 Å². The molecule has 0 aliphatic carbocycles. The summed E-state index contributed by atoms with van der Waals surface area (Å²) in [5.74, 6) is 7.76. The Morgan fingerprint density at radius 2 is 1.17 bits per heavy atom. The van der Waals surface area contributed by atoms with Crippen molar-refractivity contribution in [2.24, 2.45) is 0 Å². The third kappa shape index (κ3) is 8.21. The van der Waals surface area contributed by atoms with Crippen LogP contribution in [-0.2, 0) is 0 Å². The number of carbonyl (C=O) groups is 1. The minimum atomic E-state index is 0.761. The summed E-state index contributed by atoms with van der Waals surface area (Å²) in [4.78, 5) is 13.3. The summed E-state index contributed by atoms with van der Waals surface area (Å²) in [5, 5.41) is 0. The van der Waals surface area contributed by atoms with Gasteiger partial charge in [-0.1, -0.05) is 0 Å². The second-order valence-electron chi connectivity index (χ2n) is 5.95. The summed E-state index contributed by atoms with van der Waals surface area (Å²) in [6.07, 6.45) is 6.09. The second-order valence-corrected chi connectivity index (χ2v) is 9.62. The van der Waals surface area contributed by atoms with Crippen LogP contribution in [0.5, 0.6) is 0 Å². The van der Waals surface area contributed by atoms with Crippen molar-refractivity contribution >= 4 is 47.3 Å². The second kappa shape index (κ2) is 13.0. The third-order valence-electron chi connectivity index (χ3n) is 3.98. The molecule has 1 aliphatic heterocycles. The van der Waals surface area contributed by atoms with Crippen LogP contribution < -0.4 is 4.90 Å². The molecular weight excluding hydrogens is 354 g/mol. The zero-order valence-corrected chi connectivity index (χ0v) is 16.9. The zero-order valence-electron chi connectivity index (χ0n) is 14.5. The van der Waals surface area contributed by atoms with Crippen molar-refractivity contribution in [3.8, 4) is 0 Å². The maximum Gasteiger partial charge on any atom is 0.150 e. The molecule has 0 amide bonds. The van der Waals surface area contributed by atoms with Gasteiger partial charge in [-0.15, -0.1) is 0 Å². The van der Waals surface area contributed by atoms with E-state index in [4.69, 9.17) is 0 Å². The van der Waals surface area contributed by atoms with Gasteiger partial charge in [0.25, 0.3) is 0 Å². The average Bonchev–Trinajstić information content (AvgIpc) is 2.62. The molecule has 1 heterocycles. The molecule has 1 saturated heterocycles. The van der Waals surface area contributed by atoms with Crippen LogP contribution in [0.3, 0.4) is 0 Å². The lowest BCUT2D eigenvalue weighted by Crippen LogP contribution is -2.26. The zero-order chi connectivity index (χ0) is 16.9. The van der Waals surface area contributed by atoms with E-state index in [-0.39, 0.29) is 0 Å². The van der Waals surface area contributed by atoms with Crippen molar-refractivity contribution in [2.75, 3.05) is 52.5 Å². The molecule has 1 aromatic carbocycles. The summed E-state index contributed by atoms with van der Waals surface area (Å²) >= 11 is 6.33. The highest BCUT2D eigenvalue weighted by atomic mass is 32.2. The van der Waals surface area contributed by atoms with Gasteiger partial charge in [-0.05, 0) is 84.5 Å². The first-order chi connectivity index (χ1) is 11.9. The largest absolute Gasteiger partial charge is 0.371 e. The van der Waals surface area contributed by atoms with Gasteiger partial charge in [0.05, 0.1) is 0 Å². The first-order valence-corrected chi connectivity index (χ1v) is 12.4. The number of hydrogen-bond donors (Lipinski definition) is 0. The van der Waals surface area contributed by atoms with Crippen LogP contribution >= 0.6 is 35.3 Å². The monoisotopic (exact) mass is 383 g/mol. The van der Waals surface area contributed by atoms with E-state index in [1.54, 1.807) is 0 Å². The molecule has 2 rings (SSSR count). The molecule has 2 nitrogen and oxygen atoms in total. The molecule has 0 saturated carbocycles. The molecule has 134 valence electrons. The molecule has 0 aromatic heterocycles. The van der Waals surface area contributed by atoms with Gasteiger partial charge in [-0.3, -0.25) is 4.79 Å². The van der Waals surface area contributed by atoms with Gasteiger partial charge >= 0.3 is 0 Å². The summed E-state index contributed by atoms with van der Waals surface area (Å²) in [6, 6.07) is 8.06. The molecule has 1 aliphatic rings. The Hall–Kier alpha value is -0.260. The predicted molar refractivity (Wildman–Crippen MR) is 114 cm³/mol. The highest BCUT2D eigenvalue weighted by molar-refractivity contribution is 8.00. The number of thioether (sulfide) groups is 3. The molecular formula is C19H29NOS3. The maximum absolute atomic E-state index is 10.8. The molecule has 0 unspecified atom stereocenters. The lowest BCUT2D eigenvalue weighted by atomic mass is 10.2. The fourth-order valence-corrected chi connectivity index (χ4v) is 5.72. The smallest absolute Gasteiger partial charge is 0.150 e. The molecule has 0 atom stereocenters. The van der Waals surface area contributed by atoms with Crippen LogP contribution in [0, 0.1) is 0 Å². The Labute approximate surface area is 159 Å². The van der Waals surface area contributed by atoms with Crippen LogP contribution in [0.25, 0.3) is 0 Å². The highest BCUT2D eigenvalue weighted by Gasteiger charge is 2.07. The Kier molecular flexibility index (Phi) is 10.9. The van der Waals surface area contributed by atoms with Gasteiger partial charge < -0.3 is 4.90 Å². The van der Waals surface area contributed by atoms with Crippen molar-refractivity contribution in [1.82, 2.24) is 0 Å². The summed E-state index contributed by atoms with van der Waals surface area (Å²) in [7, 11) is 0. The lowest BCUT2D eigenvalue weighted by molar-refractivity contribution is 0.112. The van der Waals surface area contributed by atoms with Gasteiger partial charge in [0.1, 0.15) is 6.29 Å². The van der Waals surface area contributed by atoms with E-state index in [9.17, 15) is 4.79 Å². The molecule has 0 bridgehead atoms. The van der Waals surface area contributed by atoms with Gasteiger partial charge in [0, 0.05) is 24.3 Å². The molecule has 5 heteroatoms. The molecule has 0 spiro atoms. The predicted octanol–water partition coefficient (Wildman–Crippen LogP) is 5.08. The normalized spacial score (nSPS) is 19.8. The first-order valence-electron chi connectivity index (χ1n) is 8.93. The molecule has 1 aromatic rings. The van der Waals surface area contributed by atoms with Gasteiger partial charge in [0.15, 0.2) is 0 Å². The number of carbonyl (C=O) groups excluding carboxylic acids is 1. The minimum Gasteiger partial charge on any atom is -0.371 e. The number of benzene rings is 1. The number of hydrogen-bond acceptors (Lipinski definition) is 5. The minimum absolute atomic E-state index is 0.761. The number of rotatable bonds is 2. The highest BCUT2D eigenvalue weighted by Crippen LogP contribution is 2.18. The number of nitrogens with zero attached hydrogens (tertiary/aromatic N) is 1. The van der Waals surface area contributed by atoms with Crippen molar-refractivity contribution in [1.29, 1.82) is 0 Å². The maximum atomic E-state index is 10.8. The van der Waals surface area contributed by atoms with Crippen LogP contribution in [0.15, 0.2) is 24.3 Å². The topological polar surface area (TPSA) is 20.3 Å². The molecule has 24 heavy (non-hydrogen) atoms. The van der Waals surface area contributed by atoms with E-state index in [1.807, 2.05) is 12.1 Å². The van der Waals surface area contributed by atoms with Crippen LogP contribution in [0.2, 0.25) is 0 Å². The SMILES string of the molecule is O=Cc1ccc(N2CCCSCCCSCCCSCCC2)cc1. The summed E-state index contributed by atoms with van der Waals surface area (Å²) < 4.78 is 0. The van der Waals surface area contributed by atoms with E-state index in [0.717, 1.165) is 24.9 Å². The summed E-state index contributed by atoms with van der Waals surface area (Å²) in [6.45, 7) is 2.24. The first kappa shape index (κ1) is 20.1. The fourth-order valence-electron chi connectivity index (χ4n) is 2.68. The van der Waals surface area contributed by atoms with Gasteiger partial charge in [0.2, 0.25) is 0 Å². The van der Waals surface area contributed by atoms with Crippen LogP contribution in [0.1, 0.15) is 36.0 Å². The van der Waals surface area contributed by atoms with Crippen molar-refractivity contribution in [3.05, 3.63) is 29.8 Å². The van der Waals surface area contributed by atoms with Crippen molar-refractivity contribution in [2.45, 2.75) is 25.7 Å². The van der Waals surface area contributed by atoms with Gasteiger partial charge in [-0.2, -0.15) is 35.3 Å². The van der Waals surface area contributed by atoms with Crippen molar-refractivity contribution in [3.63, 3.8) is 0 Å². The van der Waals surface area contributed by atoms with E-state index in [1.165, 1.54) is 65.9 Å². The molecule has 0 radical (unpaired) electrons. The van der Waals surface area contributed by atoms with Crippen molar-refractivity contribution < 1.29 is 4.79 Å². The molecule has 0 N–H and O–H groups in total. The Balaban J connectivity index is 1.86. The van der Waals surface area contributed by atoms with E-state index in [0.29, 0.717) is 0 Å². The van der Waals surface area contributed by atoms with Crippen LogP contribution in [0.4, 0.5) is 5.69 Å². The Morgan fingerprint density at radius 3 is 1.62 bits per heavy atom. The fraction of sp³-hybridized carbons (Fsp3) is 0.632. The molecule has 1 fully saturated rings. The lowest BCUT2D eigenvalue weighted by Gasteiger charge is -2.25. The standard InChI is InChI=1S/C19H29NOS3/c21-17-18-5-7-19(8-6-18)20-9-1-11-22-13-3-15-24-16-4-14-23-12-2-10-20/h5-8,17H,1-4,9-16H2. The Morgan fingerprint density at radius 1 is 0.708 bits per heavy atom. The van der Waals surface area contributed by atoms with Crippen LogP contribution in [-0.4, -0.2) is 53.9 Å². The number of anilines is 1. The van der Waals surface area contributed by atoms with E-state index in [2.05, 4.69) is 52.3 Å². The summed E-state index contributed by atoms with van der Waals surface area (Å²) in [5.41, 5.74) is 2.02. The average molecular weight is 384 g/mol. The number of aldehydes is 1. The quantitative estimate of drug-likeness (QED) is 0.662. The van der Waals surface area contributed by atoms with E-state index < -0.39 is 0 Å².